The summed E-state index contributed by atoms with van der Waals surface area (Å²) in [5.41, 5.74) is 3.47. The van der Waals surface area contributed by atoms with Crippen LogP contribution in [0.15, 0.2) is 91.0 Å². The van der Waals surface area contributed by atoms with Gasteiger partial charge in [0.1, 0.15) is 12.1 Å². The highest BCUT2D eigenvalue weighted by atomic mass is 16.5. The van der Waals surface area contributed by atoms with Gasteiger partial charge in [-0.25, -0.2) is 4.79 Å². The van der Waals surface area contributed by atoms with Crippen LogP contribution < -0.4 is 5.32 Å². The van der Waals surface area contributed by atoms with Gasteiger partial charge in [-0.3, -0.25) is 14.9 Å². The van der Waals surface area contributed by atoms with Crippen LogP contribution in [0, 0.1) is 5.92 Å². The quantitative estimate of drug-likeness (QED) is 0.223. The lowest BCUT2D eigenvalue weighted by Gasteiger charge is -2.32. The largest absolute Gasteiger partial charge is 0.465 e. The van der Waals surface area contributed by atoms with E-state index in [1.165, 1.54) is 11.1 Å². The van der Waals surface area contributed by atoms with E-state index >= 15 is 0 Å². The first-order valence-corrected chi connectivity index (χ1v) is 16.5. The SMILES string of the molecule is CCOC(=O)C(CCc1ccccc1)NC(C)C(=O)N1[C@H](C(=O)OCCC(c2ccccc2)c2ccccc2)C[C@@H]2CCC[C@@H]21. The monoisotopic (exact) mass is 610 g/mol. The zero-order chi connectivity index (χ0) is 31.6. The zero-order valence-electron chi connectivity index (χ0n) is 26.5. The lowest BCUT2D eigenvalue weighted by atomic mass is 9.89. The molecule has 7 heteroatoms. The molecule has 0 bridgehead atoms. The van der Waals surface area contributed by atoms with E-state index in [-0.39, 0.29) is 43.0 Å². The third-order valence-corrected chi connectivity index (χ3v) is 9.38. The van der Waals surface area contributed by atoms with E-state index in [2.05, 4.69) is 29.6 Å². The molecule has 2 unspecified atom stereocenters. The maximum atomic E-state index is 14.0. The standard InChI is InChI=1S/C38H46N2O5/c1-3-44-37(42)33(23-22-28-14-7-4-8-15-28)39-27(2)36(41)40-34-21-13-20-31(34)26-35(40)38(43)45-25-24-32(29-16-9-5-10-17-29)30-18-11-6-12-19-30/h4-12,14-19,27,31-35,39H,3,13,20-26H2,1-2H3/t27?,31-,33?,34-,35-/m0/s1. The van der Waals surface area contributed by atoms with E-state index in [0.29, 0.717) is 31.6 Å². The average molecular weight is 611 g/mol. The number of nitrogens with one attached hydrogen (secondary N) is 1. The van der Waals surface area contributed by atoms with Crippen LogP contribution >= 0.6 is 0 Å². The molecule has 1 N–H and O–H groups in total. The molecule has 3 aromatic carbocycles. The predicted octanol–water partition coefficient (Wildman–Crippen LogP) is 6.06. The van der Waals surface area contributed by atoms with Gasteiger partial charge >= 0.3 is 11.9 Å². The summed E-state index contributed by atoms with van der Waals surface area (Å²) in [5, 5.41) is 3.26. The minimum absolute atomic E-state index is 0.0195. The van der Waals surface area contributed by atoms with Crippen LogP contribution in [0.1, 0.15) is 75.0 Å². The van der Waals surface area contributed by atoms with E-state index in [9.17, 15) is 14.4 Å². The summed E-state index contributed by atoms with van der Waals surface area (Å²) >= 11 is 0. The maximum Gasteiger partial charge on any atom is 0.328 e. The summed E-state index contributed by atoms with van der Waals surface area (Å²) in [6, 6.07) is 28.6. The minimum Gasteiger partial charge on any atom is -0.465 e. The number of aryl methyl sites for hydroxylation is 1. The number of nitrogens with zero attached hydrogens (tertiary/aromatic N) is 1. The number of likely N-dealkylation sites (tertiary alicyclic amines) is 1. The molecule has 1 heterocycles. The van der Waals surface area contributed by atoms with E-state index in [1.807, 2.05) is 66.7 Å². The second kappa shape index (κ2) is 15.8. The Balaban J connectivity index is 1.24. The van der Waals surface area contributed by atoms with Crippen LogP contribution in [0.25, 0.3) is 0 Å². The molecule has 45 heavy (non-hydrogen) atoms. The number of rotatable bonds is 14. The van der Waals surface area contributed by atoms with Gasteiger partial charge < -0.3 is 14.4 Å². The molecule has 0 radical (unpaired) electrons. The summed E-state index contributed by atoms with van der Waals surface area (Å²) in [5.74, 6) is -0.474. The lowest BCUT2D eigenvalue weighted by molar-refractivity contribution is -0.156. The van der Waals surface area contributed by atoms with E-state index in [1.54, 1.807) is 18.7 Å². The lowest BCUT2D eigenvalue weighted by Crippen LogP contribution is -2.55. The molecule has 2 fully saturated rings. The van der Waals surface area contributed by atoms with Gasteiger partial charge in [-0.15, -0.1) is 0 Å². The minimum atomic E-state index is -0.662. The van der Waals surface area contributed by atoms with Crippen molar-refractivity contribution in [1.29, 1.82) is 0 Å². The number of fused-ring (bicyclic) bond motifs is 1. The van der Waals surface area contributed by atoms with Crippen LogP contribution in [-0.2, 0) is 30.3 Å². The molecule has 1 aliphatic heterocycles. The first-order valence-electron chi connectivity index (χ1n) is 16.5. The van der Waals surface area contributed by atoms with Gasteiger partial charge in [0.15, 0.2) is 0 Å². The van der Waals surface area contributed by atoms with Crippen molar-refractivity contribution in [3.8, 4) is 0 Å². The highest BCUT2D eigenvalue weighted by Crippen LogP contribution is 2.42. The van der Waals surface area contributed by atoms with E-state index in [0.717, 1.165) is 24.8 Å². The highest BCUT2D eigenvalue weighted by Gasteiger charge is 2.50. The zero-order valence-corrected chi connectivity index (χ0v) is 26.5. The fourth-order valence-electron chi connectivity index (χ4n) is 7.15. The first-order chi connectivity index (χ1) is 22.0. The Labute approximate surface area is 267 Å². The summed E-state index contributed by atoms with van der Waals surface area (Å²) < 4.78 is 11.3. The van der Waals surface area contributed by atoms with E-state index in [4.69, 9.17) is 9.47 Å². The van der Waals surface area contributed by atoms with Crippen molar-refractivity contribution in [2.45, 2.75) is 88.9 Å². The molecule has 5 atom stereocenters. The van der Waals surface area contributed by atoms with Crippen molar-refractivity contribution in [3.05, 3.63) is 108 Å². The second-order valence-electron chi connectivity index (χ2n) is 12.3. The van der Waals surface area contributed by atoms with Crippen LogP contribution in [0.5, 0.6) is 0 Å². The molecule has 7 nitrogen and oxygen atoms in total. The average Bonchev–Trinajstić information content (AvgIpc) is 3.68. The van der Waals surface area contributed by atoms with Gasteiger partial charge in [0.25, 0.3) is 0 Å². The van der Waals surface area contributed by atoms with Crippen molar-refractivity contribution >= 4 is 17.8 Å². The van der Waals surface area contributed by atoms with Gasteiger partial charge in [-0.2, -0.15) is 0 Å². The summed E-state index contributed by atoms with van der Waals surface area (Å²) in [7, 11) is 0. The van der Waals surface area contributed by atoms with Gasteiger partial charge in [0.05, 0.1) is 19.3 Å². The smallest absolute Gasteiger partial charge is 0.328 e. The van der Waals surface area contributed by atoms with Crippen molar-refractivity contribution in [2.24, 2.45) is 5.92 Å². The number of hydrogen-bond acceptors (Lipinski definition) is 6. The molecule has 1 saturated heterocycles. The fourth-order valence-corrected chi connectivity index (χ4v) is 7.15. The highest BCUT2D eigenvalue weighted by molar-refractivity contribution is 5.89. The Morgan fingerprint density at radius 3 is 2.09 bits per heavy atom. The van der Waals surface area contributed by atoms with E-state index < -0.39 is 18.1 Å². The fraction of sp³-hybridized carbons (Fsp3) is 0.447. The Kier molecular flexibility index (Phi) is 11.4. The number of ether oxygens (including phenoxy) is 2. The third kappa shape index (κ3) is 8.20. The summed E-state index contributed by atoms with van der Waals surface area (Å²) in [4.78, 5) is 42.4. The van der Waals surface area contributed by atoms with Crippen molar-refractivity contribution in [1.82, 2.24) is 10.2 Å². The van der Waals surface area contributed by atoms with Gasteiger partial charge in [-0.1, -0.05) is 97.4 Å². The molecule has 3 aromatic rings. The molecular formula is C38H46N2O5. The maximum absolute atomic E-state index is 14.0. The molecule has 2 aliphatic rings. The van der Waals surface area contributed by atoms with Gasteiger partial charge in [0, 0.05) is 12.0 Å². The molecule has 1 aliphatic carbocycles. The molecule has 5 rings (SSSR count). The number of carbonyl (C=O) groups excluding carboxylic acids is 3. The predicted molar refractivity (Wildman–Crippen MR) is 174 cm³/mol. The number of carbonyl (C=O) groups is 3. The van der Waals surface area contributed by atoms with Gasteiger partial charge in [0.2, 0.25) is 5.91 Å². The first kappa shape index (κ1) is 32.4. The van der Waals surface area contributed by atoms with Crippen molar-refractivity contribution in [2.75, 3.05) is 13.2 Å². The molecule has 1 saturated carbocycles. The molecule has 1 amide bonds. The van der Waals surface area contributed by atoms with Crippen LogP contribution in [0.2, 0.25) is 0 Å². The molecule has 238 valence electrons. The molecule has 0 spiro atoms. The number of esters is 2. The number of amides is 1. The Hall–Kier alpha value is -3.97. The van der Waals surface area contributed by atoms with Crippen LogP contribution in [0.4, 0.5) is 0 Å². The van der Waals surface area contributed by atoms with Gasteiger partial charge in [-0.05, 0) is 75.0 Å². The summed E-state index contributed by atoms with van der Waals surface area (Å²) in [6.07, 6.45) is 5.38. The van der Waals surface area contributed by atoms with Crippen molar-refractivity contribution < 1.29 is 23.9 Å². The van der Waals surface area contributed by atoms with Crippen LogP contribution in [-0.4, -0.2) is 60.1 Å². The Morgan fingerprint density at radius 2 is 1.47 bits per heavy atom. The summed E-state index contributed by atoms with van der Waals surface area (Å²) in [6.45, 7) is 4.10. The number of benzene rings is 3. The van der Waals surface area contributed by atoms with Crippen LogP contribution in [0.3, 0.4) is 0 Å². The third-order valence-electron chi connectivity index (χ3n) is 9.38. The molecular weight excluding hydrogens is 564 g/mol. The Morgan fingerprint density at radius 1 is 0.844 bits per heavy atom. The number of hydrogen-bond donors (Lipinski definition) is 1. The van der Waals surface area contributed by atoms with Crippen molar-refractivity contribution in [3.63, 3.8) is 0 Å². The Bertz CT molecular complexity index is 1340. The second-order valence-corrected chi connectivity index (χ2v) is 12.3. The topological polar surface area (TPSA) is 84.9 Å². The molecule has 0 aromatic heterocycles. The normalized spacial score (nSPS) is 20.4.